The summed E-state index contributed by atoms with van der Waals surface area (Å²) >= 11 is 0. The first kappa shape index (κ1) is 10.8. The van der Waals surface area contributed by atoms with Gasteiger partial charge < -0.3 is 4.74 Å². The first-order valence-electron chi connectivity index (χ1n) is 7.10. The van der Waals surface area contributed by atoms with Crippen LogP contribution in [0, 0.1) is 29.1 Å². The van der Waals surface area contributed by atoms with Gasteiger partial charge in [0.15, 0.2) is 5.78 Å². The van der Waals surface area contributed by atoms with Crippen molar-refractivity contribution >= 4 is 5.78 Å². The smallest absolute Gasteiger partial charge is 0.158 e. The molecule has 2 nitrogen and oxygen atoms in total. The van der Waals surface area contributed by atoms with Crippen LogP contribution < -0.4 is 0 Å². The molecule has 4 aliphatic rings. The van der Waals surface area contributed by atoms with Gasteiger partial charge in [0.1, 0.15) is 6.10 Å². The van der Waals surface area contributed by atoms with Crippen molar-refractivity contribution in [1.82, 2.24) is 0 Å². The van der Waals surface area contributed by atoms with Crippen LogP contribution in [0.25, 0.3) is 0 Å². The van der Waals surface area contributed by atoms with Gasteiger partial charge in [-0.15, -0.1) is 0 Å². The lowest BCUT2D eigenvalue weighted by Crippen LogP contribution is -2.51. The molecule has 1 spiro atoms. The summed E-state index contributed by atoms with van der Waals surface area (Å²) in [5.41, 5.74) is 1.25. The van der Waals surface area contributed by atoms with Crippen LogP contribution in [0.3, 0.4) is 0 Å². The van der Waals surface area contributed by atoms with E-state index in [1.807, 2.05) is 6.92 Å². The molecule has 1 aliphatic heterocycles. The Labute approximate surface area is 108 Å². The third kappa shape index (κ3) is 1.04. The maximum Gasteiger partial charge on any atom is 0.158 e. The summed E-state index contributed by atoms with van der Waals surface area (Å²) in [5, 5.41) is 0. The standard InChI is InChI=1S/C16H20O2/c1-8(2)13(17)5-4-12-15-14-11(9(3)18-15)6-10-7-16(10,12)14/h10-12,14-15H,1,3-7H2,2H3. The molecule has 0 amide bonds. The fourth-order valence-corrected chi connectivity index (χ4v) is 5.26. The van der Waals surface area contributed by atoms with Gasteiger partial charge in [0.25, 0.3) is 0 Å². The maximum absolute atomic E-state index is 11.7. The van der Waals surface area contributed by atoms with Crippen LogP contribution in [0.15, 0.2) is 24.5 Å². The first-order valence-corrected chi connectivity index (χ1v) is 7.10. The molecule has 0 aromatic heterocycles. The molecule has 96 valence electrons. The summed E-state index contributed by atoms with van der Waals surface area (Å²) in [7, 11) is 0. The van der Waals surface area contributed by atoms with E-state index in [2.05, 4.69) is 13.2 Å². The molecule has 0 N–H and O–H groups in total. The van der Waals surface area contributed by atoms with Gasteiger partial charge in [0, 0.05) is 24.2 Å². The van der Waals surface area contributed by atoms with Gasteiger partial charge in [0.05, 0.1) is 5.76 Å². The third-order valence-electron chi connectivity index (χ3n) is 6.09. The molecule has 3 saturated carbocycles. The molecular weight excluding hydrogens is 224 g/mol. The highest BCUT2D eigenvalue weighted by molar-refractivity contribution is 5.94. The molecule has 0 radical (unpaired) electrons. The highest BCUT2D eigenvalue weighted by Crippen LogP contribution is 2.84. The highest BCUT2D eigenvalue weighted by atomic mass is 16.5. The Morgan fingerprint density at radius 1 is 1.56 bits per heavy atom. The van der Waals surface area contributed by atoms with Crippen molar-refractivity contribution < 1.29 is 9.53 Å². The Morgan fingerprint density at radius 3 is 3.06 bits per heavy atom. The van der Waals surface area contributed by atoms with Crippen molar-refractivity contribution in [2.24, 2.45) is 29.1 Å². The van der Waals surface area contributed by atoms with Crippen LogP contribution >= 0.6 is 0 Å². The summed E-state index contributed by atoms with van der Waals surface area (Å²) in [6.45, 7) is 9.63. The van der Waals surface area contributed by atoms with Gasteiger partial charge in [-0.1, -0.05) is 13.2 Å². The number of carbonyl (C=O) groups excluding carboxylic acids is 1. The topological polar surface area (TPSA) is 26.3 Å². The van der Waals surface area contributed by atoms with Crippen LogP contribution in [-0.2, 0) is 9.53 Å². The molecule has 4 rings (SSSR count). The molecular formula is C16H20O2. The predicted octanol–water partition coefficient (Wildman–Crippen LogP) is 3.10. The van der Waals surface area contributed by atoms with E-state index in [0.29, 0.717) is 35.3 Å². The molecule has 1 saturated heterocycles. The van der Waals surface area contributed by atoms with E-state index in [4.69, 9.17) is 4.74 Å². The van der Waals surface area contributed by atoms with E-state index in [9.17, 15) is 4.79 Å². The molecule has 0 bridgehead atoms. The number of hydrogen-bond acceptors (Lipinski definition) is 2. The van der Waals surface area contributed by atoms with Crippen LogP contribution in [0.1, 0.15) is 32.6 Å². The third-order valence-corrected chi connectivity index (χ3v) is 6.09. The number of ketones is 1. The summed E-state index contributed by atoms with van der Waals surface area (Å²) in [6, 6.07) is 0. The number of ether oxygens (including phenoxy) is 1. The van der Waals surface area contributed by atoms with Gasteiger partial charge in [-0.2, -0.15) is 0 Å². The Balaban J connectivity index is 1.50. The van der Waals surface area contributed by atoms with Gasteiger partial charge in [-0.05, 0) is 43.1 Å². The summed E-state index contributed by atoms with van der Waals surface area (Å²) in [5.74, 6) is 4.17. The molecule has 0 aromatic rings. The SMILES string of the molecule is C=C(C)C(=O)CCC1C2OC(=C)C3CC4CC41C32. The van der Waals surface area contributed by atoms with Crippen LogP contribution in [0.4, 0.5) is 0 Å². The Hall–Kier alpha value is -1.05. The minimum absolute atomic E-state index is 0.221. The molecule has 3 aliphatic carbocycles. The van der Waals surface area contributed by atoms with Crippen molar-refractivity contribution in [1.29, 1.82) is 0 Å². The van der Waals surface area contributed by atoms with E-state index in [-0.39, 0.29) is 5.78 Å². The minimum atomic E-state index is 0.221. The number of carbonyl (C=O) groups is 1. The average Bonchev–Trinajstić information content (AvgIpc) is 2.86. The van der Waals surface area contributed by atoms with Gasteiger partial charge in [0.2, 0.25) is 0 Å². The van der Waals surface area contributed by atoms with Crippen LogP contribution in [-0.4, -0.2) is 11.9 Å². The van der Waals surface area contributed by atoms with E-state index < -0.39 is 0 Å². The summed E-state index contributed by atoms with van der Waals surface area (Å²) < 4.78 is 5.96. The molecule has 6 unspecified atom stereocenters. The van der Waals surface area contributed by atoms with E-state index in [0.717, 1.165) is 24.0 Å². The fourth-order valence-electron chi connectivity index (χ4n) is 5.26. The average molecular weight is 244 g/mol. The molecule has 0 aromatic carbocycles. The van der Waals surface area contributed by atoms with Gasteiger partial charge in [-0.3, -0.25) is 4.79 Å². The quantitative estimate of drug-likeness (QED) is 0.710. The largest absolute Gasteiger partial charge is 0.494 e. The van der Waals surface area contributed by atoms with Crippen molar-refractivity contribution in [2.45, 2.75) is 38.7 Å². The first-order chi connectivity index (χ1) is 8.55. The Bertz CT molecular complexity index is 477. The maximum atomic E-state index is 11.7. The van der Waals surface area contributed by atoms with Crippen LogP contribution in [0.2, 0.25) is 0 Å². The second-order valence-electron chi connectivity index (χ2n) is 6.78. The fraction of sp³-hybridized carbons (Fsp3) is 0.688. The molecule has 1 heterocycles. The molecule has 4 fully saturated rings. The lowest BCUT2D eigenvalue weighted by atomic mass is 9.57. The second kappa shape index (κ2) is 3.09. The van der Waals surface area contributed by atoms with Crippen molar-refractivity contribution in [2.75, 3.05) is 0 Å². The Morgan fingerprint density at radius 2 is 2.33 bits per heavy atom. The molecule has 18 heavy (non-hydrogen) atoms. The predicted molar refractivity (Wildman–Crippen MR) is 68.7 cm³/mol. The van der Waals surface area contributed by atoms with Gasteiger partial charge >= 0.3 is 0 Å². The Kier molecular flexibility index (Phi) is 1.86. The number of hydrogen-bond donors (Lipinski definition) is 0. The summed E-state index contributed by atoms with van der Waals surface area (Å²) in [4.78, 5) is 11.7. The van der Waals surface area contributed by atoms with Crippen molar-refractivity contribution in [3.63, 3.8) is 0 Å². The zero-order chi connectivity index (χ0) is 12.7. The molecule has 6 atom stereocenters. The monoisotopic (exact) mass is 244 g/mol. The zero-order valence-corrected chi connectivity index (χ0v) is 10.9. The number of rotatable bonds is 4. The lowest BCUT2D eigenvalue weighted by Gasteiger charge is -2.48. The molecule has 2 heteroatoms. The summed E-state index contributed by atoms with van der Waals surface area (Å²) in [6.07, 6.45) is 4.70. The van der Waals surface area contributed by atoms with Crippen LogP contribution in [0.5, 0.6) is 0 Å². The van der Waals surface area contributed by atoms with E-state index in [1.165, 1.54) is 12.8 Å². The van der Waals surface area contributed by atoms with E-state index >= 15 is 0 Å². The van der Waals surface area contributed by atoms with Gasteiger partial charge in [-0.25, -0.2) is 0 Å². The highest BCUT2D eigenvalue weighted by Gasteiger charge is 2.82. The zero-order valence-electron chi connectivity index (χ0n) is 10.9. The normalized spacial score (nSPS) is 50.1. The number of allylic oxidation sites excluding steroid dienone is 2. The second-order valence-corrected chi connectivity index (χ2v) is 6.78. The van der Waals surface area contributed by atoms with E-state index in [1.54, 1.807) is 0 Å². The van der Waals surface area contributed by atoms with Crippen molar-refractivity contribution in [3.05, 3.63) is 24.5 Å². The number of Topliss-reactive ketones (excluding diaryl/α,β-unsaturated/α-hetero) is 1. The lowest BCUT2D eigenvalue weighted by molar-refractivity contribution is -0.119. The van der Waals surface area contributed by atoms with Crippen molar-refractivity contribution in [3.8, 4) is 0 Å². The minimum Gasteiger partial charge on any atom is -0.494 e.